The Kier molecular flexibility index (Phi) is 3.84. The summed E-state index contributed by atoms with van der Waals surface area (Å²) in [5.41, 5.74) is 1.36. The van der Waals surface area contributed by atoms with Crippen molar-refractivity contribution in [2.45, 2.75) is 49.2 Å². The minimum Gasteiger partial charge on any atom is -0.375 e. The van der Waals surface area contributed by atoms with E-state index in [2.05, 4.69) is 4.72 Å². The molecule has 2 saturated heterocycles. The third-order valence-corrected chi connectivity index (χ3v) is 6.68. The van der Waals surface area contributed by atoms with E-state index in [1.165, 1.54) is 17.0 Å². The van der Waals surface area contributed by atoms with Crippen molar-refractivity contribution in [3.63, 3.8) is 0 Å². The molecule has 0 aliphatic carbocycles. The Morgan fingerprint density at radius 1 is 1.24 bits per heavy atom. The monoisotopic (exact) mass is 364 g/mol. The topological polar surface area (TPSA) is 92.8 Å². The van der Waals surface area contributed by atoms with Crippen LogP contribution in [0.2, 0.25) is 0 Å². The van der Waals surface area contributed by atoms with Crippen LogP contribution in [0.15, 0.2) is 23.1 Å². The Morgan fingerprint density at radius 2 is 1.92 bits per heavy atom. The van der Waals surface area contributed by atoms with Gasteiger partial charge in [-0.1, -0.05) is 0 Å². The van der Waals surface area contributed by atoms with Gasteiger partial charge in [-0.15, -0.1) is 0 Å². The second-order valence-corrected chi connectivity index (χ2v) is 8.70. The van der Waals surface area contributed by atoms with Crippen LogP contribution in [0.1, 0.15) is 31.2 Å². The molecule has 4 rings (SSSR count). The molecule has 2 bridgehead atoms. The number of fused-ring (bicyclic) bond motifs is 3. The number of rotatable bonds is 3. The molecular formula is C17H20N2O5S. The Balaban J connectivity index is 1.51. The number of sulfonamides is 1. The summed E-state index contributed by atoms with van der Waals surface area (Å²) in [4.78, 5) is 25.7. The molecule has 0 aromatic heterocycles. The molecule has 134 valence electrons. The van der Waals surface area contributed by atoms with Crippen LogP contribution in [0, 0.1) is 5.92 Å². The number of benzene rings is 1. The van der Waals surface area contributed by atoms with Gasteiger partial charge in [-0.05, 0) is 49.4 Å². The van der Waals surface area contributed by atoms with E-state index in [0.29, 0.717) is 24.1 Å². The van der Waals surface area contributed by atoms with E-state index in [1.807, 2.05) is 0 Å². The van der Waals surface area contributed by atoms with Crippen LogP contribution in [0.3, 0.4) is 0 Å². The molecule has 2 fully saturated rings. The average molecular weight is 364 g/mol. The lowest BCUT2D eigenvalue weighted by atomic mass is 9.95. The number of amides is 2. The number of hydrogen-bond acceptors (Lipinski definition) is 5. The van der Waals surface area contributed by atoms with Gasteiger partial charge in [0, 0.05) is 18.7 Å². The van der Waals surface area contributed by atoms with E-state index in [4.69, 9.17) is 4.74 Å². The summed E-state index contributed by atoms with van der Waals surface area (Å²) in [5, 5.41) is 0. The summed E-state index contributed by atoms with van der Waals surface area (Å²) in [6.07, 6.45) is 3.33. The predicted molar refractivity (Wildman–Crippen MR) is 89.5 cm³/mol. The molecule has 7 nitrogen and oxygen atoms in total. The zero-order valence-corrected chi connectivity index (χ0v) is 14.7. The Bertz CT molecular complexity index is 839. The van der Waals surface area contributed by atoms with Gasteiger partial charge in [0.05, 0.1) is 23.5 Å². The second kappa shape index (κ2) is 5.81. The molecule has 1 N–H and O–H groups in total. The van der Waals surface area contributed by atoms with Gasteiger partial charge in [0.2, 0.25) is 11.8 Å². The number of nitrogens with zero attached hydrogens (tertiary/aromatic N) is 1. The number of hydrogen-bond donors (Lipinski definition) is 1. The highest BCUT2D eigenvalue weighted by molar-refractivity contribution is 7.90. The molecule has 0 spiro atoms. The van der Waals surface area contributed by atoms with Crippen molar-refractivity contribution in [2.75, 3.05) is 11.9 Å². The van der Waals surface area contributed by atoms with Gasteiger partial charge < -0.3 is 9.64 Å². The Morgan fingerprint density at radius 3 is 2.60 bits per heavy atom. The normalized spacial score (nSPS) is 28.1. The molecule has 1 unspecified atom stereocenters. The average Bonchev–Trinajstić information content (AvgIpc) is 3.05. The summed E-state index contributed by atoms with van der Waals surface area (Å²) in [6, 6.07) is 4.51. The number of likely N-dealkylation sites (N-methyl/N-ethyl adjacent to an activating group) is 1. The van der Waals surface area contributed by atoms with Crippen LogP contribution in [0.25, 0.3) is 0 Å². The third-order valence-electron chi connectivity index (χ3n) is 5.33. The highest BCUT2D eigenvalue weighted by Crippen LogP contribution is 2.36. The lowest BCUT2D eigenvalue weighted by Gasteiger charge is -2.27. The quantitative estimate of drug-likeness (QED) is 0.863. The van der Waals surface area contributed by atoms with E-state index in [9.17, 15) is 18.0 Å². The van der Waals surface area contributed by atoms with Crippen LogP contribution >= 0.6 is 0 Å². The van der Waals surface area contributed by atoms with Crippen LogP contribution in [-0.2, 0) is 30.8 Å². The van der Waals surface area contributed by atoms with Crippen molar-refractivity contribution in [1.82, 2.24) is 4.72 Å². The van der Waals surface area contributed by atoms with Gasteiger partial charge in [0.1, 0.15) is 0 Å². The van der Waals surface area contributed by atoms with Gasteiger partial charge in [0.25, 0.3) is 10.0 Å². The highest BCUT2D eigenvalue weighted by atomic mass is 32.2. The molecule has 2 amide bonds. The predicted octanol–water partition coefficient (Wildman–Crippen LogP) is 0.968. The minimum atomic E-state index is -3.95. The summed E-state index contributed by atoms with van der Waals surface area (Å²) in [7, 11) is -2.29. The van der Waals surface area contributed by atoms with Gasteiger partial charge >= 0.3 is 0 Å². The largest absolute Gasteiger partial charge is 0.375 e. The SMILES string of the molecule is CN1C(=O)Cc2cc(S(=O)(=O)NC(=O)C3C[C@H]4CC[C@@H](C3)O4)ccc21. The van der Waals surface area contributed by atoms with Crippen molar-refractivity contribution in [3.8, 4) is 0 Å². The molecule has 3 aliphatic rings. The van der Waals surface area contributed by atoms with Crippen molar-refractivity contribution < 1.29 is 22.7 Å². The lowest BCUT2D eigenvalue weighted by molar-refractivity contribution is -0.128. The molecule has 3 aliphatic heterocycles. The number of anilines is 1. The van der Waals surface area contributed by atoms with Crippen LogP contribution in [0.4, 0.5) is 5.69 Å². The van der Waals surface area contributed by atoms with Gasteiger partial charge in [0.15, 0.2) is 0 Å². The molecule has 8 heteroatoms. The van der Waals surface area contributed by atoms with Gasteiger partial charge in [-0.3, -0.25) is 9.59 Å². The van der Waals surface area contributed by atoms with Crippen molar-refractivity contribution in [3.05, 3.63) is 23.8 Å². The molecule has 3 atom stereocenters. The maximum Gasteiger partial charge on any atom is 0.264 e. The summed E-state index contributed by atoms with van der Waals surface area (Å²) >= 11 is 0. The molecule has 1 aromatic carbocycles. The third kappa shape index (κ3) is 2.93. The number of carbonyl (C=O) groups excluding carboxylic acids is 2. The van der Waals surface area contributed by atoms with Crippen LogP contribution < -0.4 is 9.62 Å². The highest BCUT2D eigenvalue weighted by Gasteiger charge is 2.39. The maximum atomic E-state index is 12.6. The minimum absolute atomic E-state index is 0.0118. The lowest BCUT2D eigenvalue weighted by Crippen LogP contribution is -2.40. The molecule has 3 heterocycles. The first kappa shape index (κ1) is 16.5. The Hall–Kier alpha value is -1.93. The van der Waals surface area contributed by atoms with Gasteiger partial charge in [-0.25, -0.2) is 13.1 Å². The smallest absolute Gasteiger partial charge is 0.264 e. The number of ether oxygens (including phenoxy) is 1. The van der Waals surface area contributed by atoms with E-state index in [-0.39, 0.29) is 35.3 Å². The first-order valence-electron chi connectivity index (χ1n) is 8.45. The van der Waals surface area contributed by atoms with E-state index in [0.717, 1.165) is 12.8 Å². The summed E-state index contributed by atoms with van der Waals surface area (Å²) < 4.78 is 33.0. The van der Waals surface area contributed by atoms with Gasteiger partial charge in [-0.2, -0.15) is 0 Å². The molecule has 25 heavy (non-hydrogen) atoms. The standard InChI is InChI=1S/C17H20N2O5S/c1-19-15-5-4-14(8-10(15)9-16(19)20)25(22,23)18-17(21)11-6-12-2-3-13(7-11)24-12/h4-5,8,11-13H,2-3,6-7,9H2,1H3,(H,18,21)/t11?,12-,13+. The second-order valence-electron chi connectivity index (χ2n) is 7.02. The fraction of sp³-hybridized carbons (Fsp3) is 0.529. The van der Waals surface area contributed by atoms with Crippen molar-refractivity contribution in [1.29, 1.82) is 0 Å². The maximum absolute atomic E-state index is 12.6. The molecule has 1 aromatic rings. The summed E-state index contributed by atoms with van der Waals surface area (Å²) in [5.74, 6) is -0.872. The molecule has 0 radical (unpaired) electrons. The van der Waals surface area contributed by atoms with Crippen LogP contribution in [0.5, 0.6) is 0 Å². The number of carbonyl (C=O) groups is 2. The number of nitrogens with one attached hydrogen (secondary N) is 1. The van der Waals surface area contributed by atoms with Crippen molar-refractivity contribution >= 4 is 27.5 Å². The zero-order valence-electron chi connectivity index (χ0n) is 13.9. The van der Waals surface area contributed by atoms with E-state index < -0.39 is 15.9 Å². The first-order valence-corrected chi connectivity index (χ1v) is 9.93. The summed E-state index contributed by atoms with van der Waals surface area (Å²) in [6.45, 7) is 0. The van der Waals surface area contributed by atoms with Crippen molar-refractivity contribution in [2.24, 2.45) is 5.92 Å². The Labute approximate surface area is 146 Å². The fourth-order valence-electron chi connectivity index (χ4n) is 3.96. The van der Waals surface area contributed by atoms with Crippen LogP contribution in [-0.4, -0.2) is 39.5 Å². The fourth-order valence-corrected chi connectivity index (χ4v) is 5.05. The first-order chi connectivity index (χ1) is 11.8. The zero-order chi connectivity index (χ0) is 17.8. The van der Waals surface area contributed by atoms with E-state index >= 15 is 0 Å². The van der Waals surface area contributed by atoms with E-state index in [1.54, 1.807) is 13.1 Å². The molecular weight excluding hydrogens is 344 g/mol. The molecule has 0 saturated carbocycles.